The fourth-order valence-corrected chi connectivity index (χ4v) is 7.16. The number of thioether (sulfide) groups is 1. The van der Waals surface area contributed by atoms with Gasteiger partial charge in [0, 0.05) is 38.7 Å². The highest BCUT2D eigenvalue weighted by Crippen LogP contribution is 2.37. The van der Waals surface area contributed by atoms with E-state index in [1.165, 1.54) is 30.2 Å². The van der Waals surface area contributed by atoms with E-state index in [2.05, 4.69) is 20.9 Å². The molecule has 0 aliphatic carbocycles. The topological polar surface area (TPSA) is 128 Å². The highest BCUT2D eigenvalue weighted by atomic mass is 32.2. The minimum Gasteiger partial charge on any atom is -0.497 e. The number of aromatic nitrogens is 1. The van der Waals surface area contributed by atoms with E-state index < -0.39 is 17.1 Å². The lowest BCUT2D eigenvalue weighted by atomic mass is 10.1. The van der Waals surface area contributed by atoms with Crippen molar-refractivity contribution in [2.24, 2.45) is 0 Å². The van der Waals surface area contributed by atoms with Crippen molar-refractivity contribution in [2.75, 3.05) is 31.5 Å². The van der Waals surface area contributed by atoms with Gasteiger partial charge in [0.15, 0.2) is 5.13 Å². The van der Waals surface area contributed by atoms with Gasteiger partial charge in [-0.25, -0.2) is 4.98 Å². The zero-order chi connectivity index (χ0) is 38.6. The summed E-state index contributed by atoms with van der Waals surface area (Å²) in [6.07, 6.45) is 1.55. The molecule has 0 saturated heterocycles. The molecule has 6 aromatic rings. The molecule has 0 spiro atoms. The normalized spacial score (nSPS) is 11.6. The van der Waals surface area contributed by atoms with E-state index in [1.807, 2.05) is 79.0 Å². The molecule has 1 heterocycles. The Kier molecular flexibility index (Phi) is 13.0. The Bertz CT molecular complexity index is 2260. The number of carbonyl (C=O) groups excluding carboxylic acids is 3. The maximum atomic E-state index is 13.8. The molecular weight excluding hydrogens is 733 g/mol. The molecule has 5 aromatic carbocycles. The summed E-state index contributed by atoms with van der Waals surface area (Å²) in [5, 5.41) is 10.4. The van der Waals surface area contributed by atoms with Gasteiger partial charge in [-0.15, -0.1) is 23.1 Å². The number of ether oxygens (including phenoxy) is 3. The third-order valence-corrected chi connectivity index (χ3v) is 10.2. The summed E-state index contributed by atoms with van der Waals surface area (Å²) in [7, 11) is 3.06. The van der Waals surface area contributed by atoms with Crippen LogP contribution < -0.4 is 30.2 Å². The monoisotopic (exact) mass is 770 g/mol. The van der Waals surface area contributed by atoms with Crippen LogP contribution in [-0.4, -0.2) is 43.5 Å². The molecule has 3 amide bonds. The zero-order valence-corrected chi connectivity index (χ0v) is 31.9. The van der Waals surface area contributed by atoms with Crippen LogP contribution in [0.15, 0.2) is 143 Å². The molecule has 0 aliphatic rings. The molecule has 3 N–H and O–H groups in total. The van der Waals surface area contributed by atoms with Gasteiger partial charge in [0.25, 0.3) is 11.8 Å². The lowest BCUT2D eigenvalue weighted by molar-refractivity contribution is -0.116. The maximum absolute atomic E-state index is 13.8. The summed E-state index contributed by atoms with van der Waals surface area (Å²) < 4.78 is 16.4. The second kappa shape index (κ2) is 18.6. The average Bonchev–Trinajstić information content (AvgIpc) is 3.69. The molecule has 0 saturated carbocycles. The third-order valence-electron chi connectivity index (χ3n) is 8.17. The molecule has 10 nitrogen and oxygen atoms in total. The standard InChI is InChI=1S/C43H38N4O6S2/c1-4-53-33-20-15-28(16-21-33)37-27-54-43(46-37)47-42(50)39(29-11-7-5-8-12-29)55-35-23-18-32(19-24-35)44-41(49)36(45-40(48)30-13-9-6-10-14-30)25-31-17-22-34(51-2)26-38(31)52-3/h5-27,39H,4H2,1-3H3,(H,44,49)(H,45,48)(H,46,47,50)/b36-25-. The lowest BCUT2D eigenvalue weighted by Gasteiger charge is -2.17. The average molecular weight is 771 g/mol. The fourth-order valence-electron chi connectivity index (χ4n) is 5.41. The molecule has 55 heavy (non-hydrogen) atoms. The second-order valence-corrected chi connectivity index (χ2v) is 13.9. The van der Waals surface area contributed by atoms with E-state index in [-0.39, 0.29) is 11.6 Å². The molecule has 12 heteroatoms. The molecule has 0 aliphatic heterocycles. The number of nitrogens with one attached hydrogen (secondary N) is 3. The number of thiazole rings is 1. The molecule has 278 valence electrons. The molecule has 0 fully saturated rings. The van der Waals surface area contributed by atoms with Gasteiger partial charge in [0.1, 0.15) is 28.2 Å². The van der Waals surface area contributed by atoms with Crippen molar-refractivity contribution >= 4 is 57.7 Å². The number of hydrogen-bond acceptors (Lipinski definition) is 9. The van der Waals surface area contributed by atoms with E-state index in [1.54, 1.807) is 73.8 Å². The van der Waals surface area contributed by atoms with Crippen molar-refractivity contribution in [2.45, 2.75) is 17.1 Å². The van der Waals surface area contributed by atoms with Crippen LogP contribution in [0.3, 0.4) is 0 Å². The molecular formula is C43H38N4O6S2. The largest absolute Gasteiger partial charge is 0.497 e. The second-order valence-electron chi connectivity index (χ2n) is 11.9. The van der Waals surface area contributed by atoms with Crippen LogP contribution in [0.2, 0.25) is 0 Å². The summed E-state index contributed by atoms with van der Waals surface area (Å²) in [6, 6.07) is 38.1. The Morgan fingerprint density at radius 1 is 0.800 bits per heavy atom. The van der Waals surface area contributed by atoms with E-state index >= 15 is 0 Å². The van der Waals surface area contributed by atoms with Crippen LogP contribution in [0.4, 0.5) is 10.8 Å². The zero-order valence-electron chi connectivity index (χ0n) is 30.3. The minimum atomic E-state index is -0.596. The van der Waals surface area contributed by atoms with Crippen molar-refractivity contribution in [3.05, 3.63) is 155 Å². The van der Waals surface area contributed by atoms with Gasteiger partial charge in [-0.05, 0) is 91.4 Å². The van der Waals surface area contributed by atoms with E-state index in [0.717, 1.165) is 27.5 Å². The van der Waals surface area contributed by atoms with E-state index in [9.17, 15) is 14.4 Å². The van der Waals surface area contributed by atoms with Gasteiger partial charge in [-0.1, -0.05) is 48.5 Å². The number of rotatable bonds is 15. The van der Waals surface area contributed by atoms with Crippen molar-refractivity contribution in [1.82, 2.24) is 10.3 Å². The molecule has 0 radical (unpaired) electrons. The van der Waals surface area contributed by atoms with Crippen LogP contribution in [0.25, 0.3) is 17.3 Å². The number of amides is 3. The van der Waals surface area contributed by atoms with Gasteiger partial charge < -0.3 is 30.2 Å². The van der Waals surface area contributed by atoms with Gasteiger partial charge >= 0.3 is 0 Å². The first-order chi connectivity index (χ1) is 26.8. The quantitative estimate of drug-likeness (QED) is 0.0697. The van der Waals surface area contributed by atoms with Gasteiger partial charge in [0.2, 0.25) is 5.91 Å². The Morgan fingerprint density at radius 2 is 1.49 bits per heavy atom. The Hall–Kier alpha value is -6.37. The minimum absolute atomic E-state index is 0.00412. The van der Waals surface area contributed by atoms with Crippen LogP contribution >= 0.6 is 23.1 Å². The number of methoxy groups -OCH3 is 2. The van der Waals surface area contributed by atoms with Gasteiger partial charge in [-0.2, -0.15) is 0 Å². The van der Waals surface area contributed by atoms with Gasteiger partial charge in [0.05, 0.1) is 26.5 Å². The summed E-state index contributed by atoms with van der Waals surface area (Å²) in [5.41, 5.74) is 3.94. The Balaban J connectivity index is 1.18. The van der Waals surface area contributed by atoms with E-state index in [0.29, 0.717) is 40.1 Å². The number of nitrogens with zero attached hydrogens (tertiary/aromatic N) is 1. The number of carbonyl (C=O) groups is 3. The highest BCUT2D eigenvalue weighted by molar-refractivity contribution is 8.00. The van der Waals surface area contributed by atoms with Gasteiger partial charge in [-0.3, -0.25) is 14.4 Å². The first-order valence-electron chi connectivity index (χ1n) is 17.3. The smallest absolute Gasteiger partial charge is 0.272 e. The number of benzene rings is 5. The summed E-state index contributed by atoms with van der Waals surface area (Å²) in [6.45, 7) is 2.53. The molecule has 1 unspecified atom stereocenters. The number of hydrogen-bond donors (Lipinski definition) is 3. The molecule has 1 atom stereocenters. The third kappa shape index (κ3) is 10.2. The lowest BCUT2D eigenvalue weighted by Crippen LogP contribution is -2.30. The summed E-state index contributed by atoms with van der Waals surface area (Å²) in [5.74, 6) is 0.608. The fraction of sp³-hybridized carbons (Fsp3) is 0.116. The molecule has 0 bridgehead atoms. The molecule has 1 aromatic heterocycles. The Labute approximate surface area is 327 Å². The molecule has 6 rings (SSSR count). The highest BCUT2D eigenvalue weighted by Gasteiger charge is 2.24. The van der Waals surface area contributed by atoms with Crippen LogP contribution in [0.1, 0.15) is 33.7 Å². The SMILES string of the molecule is CCOc1ccc(-c2csc(NC(=O)C(Sc3ccc(NC(=O)/C(=C/c4ccc(OC)cc4OC)NC(=O)c4ccccc4)cc3)c3ccccc3)n2)cc1. The predicted molar refractivity (Wildman–Crippen MR) is 219 cm³/mol. The maximum Gasteiger partial charge on any atom is 0.272 e. The predicted octanol–water partition coefficient (Wildman–Crippen LogP) is 9.11. The van der Waals surface area contributed by atoms with E-state index in [4.69, 9.17) is 14.2 Å². The Morgan fingerprint density at radius 3 is 2.16 bits per heavy atom. The number of anilines is 2. The van der Waals surface area contributed by atoms with Crippen molar-refractivity contribution in [3.63, 3.8) is 0 Å². The van der Waals surface area contributed by atoms with Crippen molar-refractivity contribution in [1.29, 1.82) is 0 Å². The van der Waals surface area contributed by atoms with Crippen molar-refractivity contribution < 1.29 is 28.6 Å². The first-order valence-corrected chi connectivity index (χ1v) is 19.0. The van der Waals surface area contributed by atoms with Crippen LogP contribution in [0.5, 0.6) is 17.2 Å². The first kappa shape index (κ1) is 38.4. The van der Waals surface area contributed by atoms with Crippen LogP contribution in [-0.2, 0) is 9.59 Å². The summed E-state index contributed by atoms with van der Waals surface area (Å²) in [4.78, 5) is 46.1. The summed E-state index contributed by atoms with van der Waals surface area (Å²) >= 11 is 2.73. The van der Waals surface area contributed by atoms with Crippen LogP contribution in [0, 0.1) is 0 Å². The van der Waals surface area contributed by atoms with Crippen molar-refractivity contribution in [3.8, 4) is 28.5 Å².